The van der Waals surface area contributed by atoms with Gasteiger partial charge in [0.25, 0.3) is 11.7 Å². The van der Waals surface area contributed by atoms with Crippen LogP contribution in [0, 0.1) is 13.8 Å². The Morgan fingerprint density at radius 2 is 1.93 bits per heavy atom. The maximum absolute atomic E-state index is 13.0. The van der Waals surface area contributed by atoms with Crippen LogP contribution < -0.4 is 4.74 Å². The Bertz CT molecular complexity index is 993. The number of likely N-dealkylation sites (tertiary alicyclic amines) is 1. The highest BCUT2D eigenvalue weighted by Crippen LogP contribution is 2.42. The van der Waals surface area contributed by atoms with Crippen LogP contribution in [0.4, 0.5) is 0 Å². The van der Waals surface area contributed by atoms with Crippen LogP contribution in [0.2, 0.25) is 0 Å². The number of benzene rings is 1. The lowest BCUT2D eigenvalue weighted by atomic mass is 9.97. The van der Waals surface area contributed by atoms with Crippen molar-refractivity contribution in [1.29, 1.82) is 0 Å². The van der Waals surface area contributed by atoms with E-state index in [0.717, 1.165) is 29.0 Å². The Balaban J connectivity index is 2.09. The van der Waals surface area contributed by atoms with Gasteiger partial charge in [0, 0.05) is 17.0 Å². The van der Waals surface area contributed by atoms with E-state index < -0.39 is 17.7 Å². The molecule has 7 heteroatoms. The molecule has 3 rings (SSSR count). The molecule has 1 N–H and O–H groups in total. The fourth-order valence-electron chi connectivity index (χ4n) is 3.79. The van der Waals surface area contributed by atoms with Gasteiger partial charge in [-0.25, -0.2) is 0 Å². The van der Waals surface area contributed by atoms with Gasteiger partial charge in [-0.05, 0) is 81.7 Å². The van der Waals surface area contributed by atoms with E-state index in [1.165, 1.54) is 11.3 Å². The van der Waals surface area contributed by atoms with Crippen molar-refractivity contribution in [1.82, 2.24) is 9.80 Å². The third-order valence-electron chi connectivity index (χ3n) is 5.36. The number of ether oxygens (including phenoxy) is 1. The van der Waals surface area contributed by atoms with E-state index in [1.54, 1.807) is 30.2 Å². The van der Waals surface area contributed by atoms with Crippen molar-refractivity contribution in [2.45, 2.75) is 26.3 Å². The van der Waals surface area contributed by atoms with Crippen molar-refractivity contribution in [2.75, 3.05) is 34.3 Å². The number of thiophene rings is 1. The van der Waals surface area contributed by atoms with Gasteiger partial charge >= 0.3 is 0 Å². The largest absolute Gasteiger partial charge is 0.507 e. The summed E-state index contributed by atoms with van der Waals surface area (Å²) in [7, 11) is 5.53. The number of ketones is 1. The zero-order valence-corrected chi connectivity index (χ0v) is 18.9. The van der Waals surface area contributed by atoms with Crippen LogP contribution >= 0.6 is 11.3 Å². The topological polar surface area (TPSA) is 70.1 Å². The van der Waals surface area contributed by atoms with E-state index in [0.29, 0.717) is 17.9 Å². The molecule has 1 aromatic carbocycles. The second kappa shape index (κ2) is 9.02. The molecule has 2 aromatic rings. The summed E-state index contributed by atoms with van der Waals surface area (Å²) in [6.07, 6.45) is 0.739. The van der Waals surface area contributed by atoms with Gasteiger partial charge in [-0.15, -0.1) is 11.3 Å². The van der Waals surface area contributed by atoms with Crippen LogP contribution in [0.1, 0.15) is 34.0 Å². The number of methoxy groups -OCH3 is 1. The number of nitrogens with zero attached hydrogens (tertiary/aromatic N) is 2. The van der Waals surface area contributed by atoms with Crippen molar-refractivity contribution in [3.05, 3.63) is 56.8 Å². The van der Waals surface area contributed by atoms with Gasteiger partial charge in [0.1, 0.15) is 11.5 Å². The Morgan fingerprint density at radius 1 is 1.20 bits per heavy atom. The number of amides is 1. The van der Waals surface area contributed by atoms with Crippen LogP contribution in [-0.4, -0.2) is 60.9 Å². The molecule has 1 unspecified atom stereocenters. The van der Waals surface area contributed by atoms with E-state index >= 15 is 0 Å². The van der Waals surface area contributed by atoms with Gasteiger partial charge in [-0.3, -0.25) is 9.59 Å². The fourth-order valence-corrected chi connectivity index (χ4v) is 4.83. The van der Waals surface area contributed by atoms with Gasteiger partial charge in [-0.2, -0.15) is 0 Å². The average Bonchev–Trinajstić information content (AvgIpc) is 3.23. The van der Waals surface area contributed by atoms with Crippen LogP contribution in [0.15, 0.2) is 35.2 Å². The average molecular weight is 429 g/mol. The van der Waals surface area contributed by atoms with E-state index in [2.05, 4.69) is 0 Å². The molecule has 1 atom stereocenters. The van der Waals surface area contributed by atoms with Crippen molar-refractivity contribution >= 4 is 28.8 Å². The van der Waals surface area contributed by atoms with Gasteiger partial charge in [0.2, 0.25) is 0 Å². The molecule has 0 aliphatic carbocycles. The smallest absolute Gasteiger partial charge is 0.295 e. The molecule has 0 saturated carbocycles. The van der Waals surface area contributed by atoms with E-state index in [9.17, 15) is 14.7 Å². The predicted octanol–water partition coefficient (Wildman–Crippen LogP) is 3.75. The fraction of sp³-hybridized carbons (Fsp3) is 0.391. The monoisotopic (exact) mass is 428 g/mol. The summed E-state index contributed by atoms with van der Waals surface area (Å²) in [5, 5.41) is 13.1. The molecule has 0 bridgehead atoms. The lowest BCUT2D eigenvalue weighted by Gasteiger charge is -2.25. The summed E-state index contributed by atoms with van der Waals surface area (Å²) in [5.41, 5.74) is 2.49. The summed E-state index contributed by atoms with van der Waals surface area (Å²) in [5.74, 6) is -0.643. The lowest BCUT2D eigenvalue weighted by molar-refractivity contribution is -0.139. The SMILES string of the molecule is COc1ccc(/C(O)=C2/C(=O)C(=O)N(CCCN(C)C)C2c2sccc2C)cc1C. The first-order valence-corrected chi connectivity index (χ1v) is 10.8. The number of carbonyl (C=O) groups is 2. The molecule has 1 fully saturated rings. The van der Waals surface area contributed by atoms with Crippen molar-refractivity contribution in [3.63, 3.8) is 0 Å². The minimum absolute atomic E-state index is 0.146. The van der Waals surface area contributed by atoms with Gasteiger partial charge in [0.05, 0.1) is 18.7 Å². The number of hydrogen-bond donors (Lipinski definition) is 1. The highest BCUT2D eigenvalue weighted by Gasteiger charge is 2.46. The van der Waals surface area contributed by atoms with Crippen molar-refractivity contribution < 1.29 is 19.4 Å². The molecule has 1 saturated heterocycles. The number of hydrogen-bond acceptors (Lipinski definition) is 6. The van der Waals surface area contributed by atoms with E-state index in [1.807, 2.05) is 44.3 Å². The molecule has 2 heterocycles. The molecule has 1 aliphatic heterocycles. The van der Waals surface area contributed by atoms with Crippen LogP contribution in [0.25, 0.3) is 5.76 Å². The van der Waals surface area contributed by atoms with Crippen LogP contribution in [-0.2, 0) is 9.59 Å². The summed E-state index contributed by atoms with van der Waals surface area (Å²) in [6.45, 7) is 5.08. The van der Waals surface area contributed by atoms with Crippen molar-refractivity contribution in [3.8, 4) is 5.75 Å². The van der Waals surface area contributed by atoms with Crippen molar-refractivity contribution in [2.24, 2.45) is 0 Å². The molecule has 160 valence electrons. The minimum Gasteiger partial charge on any atom is -0.507 e. The second-order valence-corrected chi connectivity index (χ2v) is 8.75. The maximum Gasteiger partial charge on any atom is 0.295 e. The lowest BCUT2D eigenvalue weighted by Crippen LogP contribution is -2.32. The van der Waals surface area contributed by atoms with Gasteiger partial charge in [0.15, 0.2) is 0 Å². The Labute approximate surface area is 181 Å². The summed E-state index contributed by atoms with van der Waals surface area (Å²) in [4.78, 5) is 30.5. The molecule has 0 spiro atoms. The maximum atomic E-state index is 13.0. The summed E-state index contributed by atoms with van der Waals surface area (Å²) < 4.78 is 5.29. The Hall–Kier alpha value is -2.64. The third kappa shape index (κ3) is 4.13. The summed E-state index contributed by atoms with van der Waals surface area (Å²) in [6, 6.07) is 6.63. The van der Waals surface area contributed by atoms with Gasteiger partial charge in [-0.1, -0.05) is 0 Å². The molecule has 30 heavy (non-hydrogen) atoms. The number of aliphatic hydroxyl groups is 1. The molecular weight excluding hydrogens is 400 g/mol. The predicted molar refractivity (Wildman–Crippen MR) is 119 cm³/mol. The van der Waals surface area contributed by atoms with E-state index in [4.69, 9.17) is 4.74 Å². The first-order valence-electron chi connectivity index (χ1n) is 9.88. The first-order chi connectivity index (χ1) is 14.3. The number of rotatable bonds is 7. The molecule has 1 amide bonds. The number of Topliss-reactive ketones (excluding diaryl/α,β-unsaturated/α-hetero) is 1. The molecule has 1 aromatic heterocycles. The molecule has 6 nitrogen and oxygen atoms in total. The molecule has 1 aliphatic rings. The highest BCUT2D eigenvalue weighted by atomic mass is 32.1. The second-order valence-electron chi connectivity index (χ2n) is 7.80. The Morgan fingerprint density at radius 3 is 2.50 bits per heavy atom. The Kier molecular flexibility index (Phi) is 6.63. The third-order valence-corrected chi connectivity index (χ3v) is 6.43. The standard InChI is InChI=1S/C23H28N2O4S/c1-14-9-12-30-22(14)19-18(20(26)16-7-8-17(29-5)15(2)13-16)21(27)23(28)25(19)11-6-10-24(3)4/h7-9,12-13,19,26H,6,10-11H2,1-5H3/b20-18-. The molecule has 0 radical (unpaired) electrons. The van der Waals surface area contributed by atoms with Gasteiger partial charge < -0.3 is 19.6 Å². The zero-order valence-electron chi connectivity index (χ0n) is 18.1. The minimum atomic E-state index is -0.636. The van der Waals surface area contributed by atoms with Crippen LogP contribution in [0.5, 0.6) is 5.75 Å². The number of aryl methyl sites for hydroxylation is 2. The molecular formula is C23H28N2O4S. The van der Waals surface area contributed by atoms with Crippen LogP contribution in [0.3, 0.4) is 0 Å². The first kappa shape index (κ1) is 22.1. The number of aliphatic hydroxyl groups excluding tert-OH is 1. The quantitative estimate of drug-likeness (QED) is 0.413. The zero-order chi connectivity index (χ0) is 22.0. The number of carbonyl (C=O) groups excluding carboxylic acids is 2. The highest BCUT2D eigenvalue weighted by molar-refractivity contribution is 7.10. The van der Waals surface area contributed by atoms with E-state index in [-0.39, 0.29) is 11.3 Å². The normalized spacial score (nSPS) is 18.5. The summed E-state index contributed by atoms with van der Waals surface area (Å²) >= 11 is 1.50.